The van der Waals surface area contributed by atoms with Gasteiger partial charge in [-0.1, -0.05) is 6.92 Å². The van der Waals surface area contributed by atoms with Crippen LogP contribution in [0, 0.1) is 0 Å². The summed E-state index contributed by atoms with van der Waals surface area (Å²) >= 11 is 0. The maximum absolute atomic E-state index is 13.2. The van der Waals surface area contributed by atoms with E-state index in [1.54, 1.807) is 0 Å². The standard InChI is InChI=1S/C10H11F2NO3/c1-3-10(11,12)8-7(14)4-6(5-13-8)9(15)16-2/h4-5,14H,3H2,1-2H3. The third kappa shape index (κ3) is 2.26. The molecule has 0 aliphatic rings. The first-order valence-corrected chi connectivity index (χ1v) is 4.58. The fraction of sp³-hybridized carbons (Fsp3) is 0.400. The van der Waals surface area contributed by atoms with Crippen LogP contribution in [0.1, 0.15) is 29.4 Å². The molecule has 88 valence electrons. The molecule has 0 saturated heterocycles. The molecule has 0 unspecified atom stereocenters. The molecule has 0 aromatic carbocycles. The molecule has 1 heterocycles. The molecule has 16 heavy (non-hydrogen) atoms. The Kier molecular flexibility index (Phi) is 3.41. The topological polar surface area (TPSA) is 59.4 Å². The van der Waals surface area contributed by atoms with Crippen LogP contribution in [0.4, 0.5) is 8.78 Å². The van der Waals surface area contributed by atoms with E-state index in [2.05, 4.69) is 9.72 Å². The number of halogens is 2. The highest BCUT2D eigenvalue weighted by Gasteiger charge is 2.34. The van der Waals surface area contributed by atoms with Gasteiger partial charge in [-0.3, -0.25) is 4.98 Å². The summed E-state index contributed by atoms with van der Waals surface area (Å²) in [4.78, 5) is 14.4. The minimum absolute atomic E-state index is 0.0735. The number of methoxy groups -OCH3 is 1. The van der Waals surface area contributed by atoms with E-state index < -0.39 is 29.8 Å². The van der Waals surface area contributed by atoms with E-state index in [1.165, 1.54) is 6.92 Å². The third-order valence-corrected chi connectivity index (χ3v) is 2.08. The number of carbonyl (C=O) groups is 1. The largest absolute Gasteiger partial charge is 0.506 e. The Morgan fingerprint density at radius 3 is 2.69 bits per heavy atom. The Morgan fingerprint density at radius 2 is 2.25 bits per heavy atom. The summed E-state index contributed by atoms with van der Waals surface area (Å²) in [7, 11) is 1.15. The molecule has 4 nitrogen and oxygen atoms in total. The van der Waals surface area contributed by atoms with Crippen LogP contribution in [0.25, 0.3) is 0 Å². The Morgan fingerprint density at radius 1 is 1.62 bits per heavy atom. The van der Waals surface area contributed by atoms with E-state index in [4.69, 9.17) is 0 Å². The molecular weight excluding hydrogens is 220 g/mol. The maximum atomic E-state index is 13.2. The van der Waals surface area contributed by atoms with Gasteiger partial charge in [-0.15, -0.1) is 0 Å². The van der Waals surface area contributed by atoms with Crippen LogP contribution in [0.15, 0.2) is 12.3 Å². The Bertz CT molecular complexity index is 407. The van der Waals surface area contributed by atoms with Crippen LogP contribution in [0.2, 0.25) is 0 Å². The zero-order valence-electron chi connectivity index (χ0n) is 8.83. The molecule has 0 spiro atoms. The van der Waals surface area contributed by atoms with Crippen LogP contribution in [-0.2, 0) is 10.7 Å². The summed E-state index contributed by atoms with van der Waals surface area (Å²) in [6.45, 7) is 1.27. The van der Waals surface area contributed by atoms with Crippen molar-refractivity contribution >= 4 is 5.97 Å². The van der Waals surface area contributed by atoms with E-state index >= 15 is 0 Å². The average molecular weight is 231 g/mol. The average Bonchev–Trinajstić information content (AvgIpc) is 2.27. The first kappa shape index (κ1) is 12.4. The van der Waals surface area contributed by atoms with Gasteiger partial charge >= 0.3 is 5.97 Å². The van der Waals surface area contributed by atoms with E-state index in [1.807, 2.05) is 0 Å². The Balaban J connectivity index is 3.15. The van der Waals surface area contributed by atoms with Crippen molar-refractivity contribution in [3.8, 4) is 5.75 Å². The maximum Gasteiger partial charge on any atom is 0.339 e. The molecule has 1 rings (SSSR count). The van der Waals surface area contributed by atoms with Crippen LogP contribution >= 0.6 is 0 Å². The van der Waals surface area contributed by atoms with Crippen LogP contribution in [-0.4, -0.2) is 23.2 Å². The summed E-state index contributed by atoms with van der Waals surface area (Å²) in [6, 6.07) is 0.914. The fourth-order valence-corrected chi connectivity index (χ4v) is 1.13. The highest BCUT2D eigenvalue weighted by Crippen LogP contribution is 2.35. The van der Waals surface area contributed by atoms with Crippen molar-refractivity contribution in [1.82, 2.24) is 4.98 Å². The number of pyridine rings is 1. The summed E-state index contributed by atoms with van der Waals surface area (Å²) < 4.78 is 30.8. The summed E-state index contributed by atoms with van der Waals surface area (Å²) in [5.41, 5.74) is -0.807. The van der Waals surface area contributed by atoms with Gasteiger partial charge in [0.2, 0.25) is 0 Å². The second kappa shape index (κ2) is 4.42. The van der Waals surface area contributed by atoms with E-state index in [0.29, 0.717) is 0 Å². The smallest absolute Gasteiger partial charge is 0.339 e. The molecule has 0 bridgehead atoms. The van der Waals surface area contributed by atoms with Crippen molar-refractivity contribution in [2.24, 2.45) is 0 Å². The first-order chi connectivity index (χ1) is 7.42. The zero-order chi connectivity index (χ0) is 12.3. The molecule has 1 aromatic heterocycles. The number of nitrogens with zero attached hydrogens (tertiary/aromatic N) is 1. The van der Waals surface area contributed by atoms with Gasteiger partial charge in [0, 0.05) is 12.6 Å². The summed E-state index contributed by atoms with van der Waals surface area (Å²) in [6.07, 6.45) is 0.468. The zero-order valence-corrected chi connectivity index (χ0v) is 8.83. The SMILES string of the molecule is CCC(F)(F)c1ncc(C(=O)OC)cc1O. The lowest BCUT2D eigenvalue weighted by atomic mass is 10.1. The van der Waals surface area contributed by atoms with Gasteiger partial charge in [-0.2, -0.15) is 8.78 Å². The number of esters is 1. The minimum Gasteiger partial charge on any atom is -0.506 e. The van der Waals surface area contributed by atoms with E-state index in [-0.39, 0.29) is 5.56 Å². The van der Waals surface area contributed by atoms with Crippen molar-refractivity contribution in [3.63, 3.8) is 0 Å². The highest BCUT2D eigenvalue weighted by molar-refractivity contribution is 5.89. The van der Waals surface area contributed by atoms with Gasteiger partial charge in [0.25, 0.3) is 5.92 Å². The molecule has 0 radical (unpaired) electrons. The number of hydrogen-bond acceptors (Lipinski definition) is 4. The summed E-state index contributed by atoms with van der Waals surface area (Å²) in [5.74, 6) is -4.66. The van der Waals surface area contributed by atoms with Crippen molar-refractivity contribution < 1.29 is 23.4 Å². The predicted octanol–water partition coefficient (Wildman–Crippen LogP) is 2.08. The molecule has 0 fully saturated rings. The fourth-order valence-electron chi connectivity index (χ4n) is 1.13. The molecule has 0 amide bonds. The van der Waals surface area contributed by atoms with Gasteiger partial charge < -0.3 is 9.84 Å². The minimum atomic E-state index is -3.21. The number of aromatic hydroxyl groups is 1. The van der Waals surface area contributed by atoms with Gasteiger partial charge in [-0.05, 0) is 6.07 Å². The van der Waals surface area contributed by atoms with Crippen LogP contribution in [0.5, 0.6) is 5.75 Å². The molecule has 0 saturated carbocycles. The van der Waals surface area contributed by atoms with Crippen molar-refractivity contribution in [2.45, 2.75) is 19.3 Å². The van der Waals surface area contributed by atoms with Crippen molar-refractivity contribution in [3.05, 3.63) is 23.5 Å². The van der Waals surface area contributed by atoms with Crippen LogP contribution in [0.3, 0.4) is 0 Å². The third-order valence-electron chi connectivity index (χ3n) is 2.08. The number of aromatic nitrogens is 1. The summed E-state index contributed by atoms with van der Waals surface area (Å²) in [5, 5.41) is 9.35. The van der Waals surface area contributed by atoms with Crippen LogP contribution < -0.4 is 0 Å². The second-order valence-corrected chi connectivity index (χ2v) is 3.14. The lowest BCUT2D eigenvalue weighted by molar-refractivity contribution is -0.0150. The van der Waals surface area contributed by atoms with Gasteiger partial charge in [0.05, 0.1) is 12.7 Å². The Hall–Kier alpha value is -1.72. The number of rotatable bonds is 3. The molecule has 0 atom stereocenters. The number of hydrogen-bond donors (Lipinski definition) is 1. The molecule has 1 N–H and O–H groups in total. The lowest BCUT2D eigenvalue weighted by Crippen LogP contribution is -2.15. The molecule has 1 aromatic rings. The molecule has 0 aliphatic heterocycles. The normalized spacial score (nSPS) is 11.2. The number of ether oxygens (including phenoxy) is 1. The van der Waals surface area contributed by atoms with Crippen molar-refractivity contribution in [1.29, 1.82) is 0 Å². The van der Waals surface area contributed by atoms with E-state index in [0.717, 1.165) is 19.4 Å². The number of carbonyl (C=O) groups excluding carboxylic acids is 1. The van der Waals surface area contributed by atoms with Gasteiger partial charge in [0.15, 0.2) is 5.69 Å². The molecule has 6 heteroatoms. The van der Waals surface area contributed by atoms with Gasteiger partial charge in [-0.25, -0.2) is 4.79 Å². The monoisotopic (exact) mass is 231 g/mol. The first-order valence-electron chi connectivity index (χ1n) is 4.58. The van der Waals surface area contributed by atoms with Gasteiger partial charge in [0.1, 0.15) is 5.75 Å². The highest BCUT2D eigenvalue weighted by atomic mass is 19.3. The quantitative estimate of drug-likeness (QED) is 0.809. The predicted molar refractivity (Wildman–Crippen MR) is 51.4 cm³/mol. The lowest BCUT2D eigenvalue weighted by Gasteiger charge is -2.14. The van der Waals surface area contributed by atoms with Crippen molar-refractivity contribution in [2.75, 3.05) is 7.11 Å². The Labute approximate surface area is 90.9 Å². The molecular formula is C10H11F2NO3. The number of alkyl halides is 2. The molecule has 0 aliphatic carbocycles. The van der Waals surface area contributed by atoms with E-state index in [9.17, 15) is 18.7 Å². The second-order valence-electron chi connectivity index (χ2n) is 3.14.